The highest BCUT2D eigenvalue weighted by atomic mass is 32.2. The van der Waals surface area contributed by atoms with Crippen LogP contribution in [0.5, 0.6) is 0 Å². The van der Waals surface area contributed by atoms with Crippen molar-refractivity contribution in [2.45, 2.75) is 50.5 Å². The number of rotatable bonds is 6. The average molecular weight is 422 g/mol. The summed E-state index contributed by atoms with van der Waals surface area (Å²) >= 11 is 1.26. The summed E-state index contributed by atoms with van der Waals surface area (Å²) in [4.78, 5) is 25.3. The van der Waals surface area contributed by atoms with Crippen LogP contribution >= 0.6 is 11.3 Å². The predicted octanol–water partition coefficient (Wildman–Crippen LogP) is 2.94. The van der Waals surface area contributed by atoms with Gasteiger partial charge in [0.15, 0.2) is 0 Å². The molecule has 0 atom stereocenters. The van der Waals surface area contributed by atoms with Crippen molar-refractivity contribution in [3.05, 3.63) is 45.8 Å². The molecule has 2 aromatic rings. The molecular formula is C19H23N3O4S2. The second-order valence-corrected chi connectivity index (χ2v) is 9.87. The Labute approximate surface area is 168 Å². The van der Waals surface area contributed by atoms with Gasteiger partial charge in [0, 0.05) is 16.5 Å². The molecule has 0 bridgehead atoms. The molecule has 9 heteroatoms. The van der Waals surface area contributed by atoms with E-state index in [1.807, 2.05) is 6.92 Å². The number of aryl methyl sites for hydroxylation is 1. The summed E-state index contributed by atoms with van der Waals surface area (Å²) in [7, 11) is -3.70. The molecule has 1 aliphatic rings. The fraction of sp³-hybridized carbons (Fsp3) is 0.368. The van der Waals surface area contributed by atoms with Crippen LogP contribution in [0.4, 0.5) is 5.00 Å². The second kappa shape index (κ2) is 8.02. The van der Waals surface area contributed by atoms with Gasteiger partial charge in [0.2, 0.25) is 10.0 Å². The van der Waals surface area contributed by atoms with Gasteiger partial charge in [0.05, 0.1) is 10.5 Å². The van der Waals surface area contributed by atoms with Crippen molar-refractivity contribution < 1.29 is 18.0 Å². The SMILES string of the molecule is Cc1sc(NC(=O)c2cccc(S(=O)(=O)NC3CCCC3)c2)c(C(N)=O)c1C. The lowest BCUT2D eigenvalue weighted by molar-refractivity contribution is 0.100. The molecule has 7 nitrogen and oxygen atoms in total. The molecule has 1 aromatic heterocycles. The molecule has 0 aliphatic heterocycles. The Morgan fingerprint density at radius 2 is 1.86 bits per heavy atom. The highest BCUT2D eigenvalue weighted by molar-refractivity contribution is 7.89. The third-order valence-corrected chi connectivity index (χ3v) is 7.58. The molecule has 1 fully saturated rings. The highest BCUT2D eigenvalue weighted by Gasteiger charge is 2.24. The van der Waals surface area contributed by atoms with E-state index < -0.39 is 21.8 Å². The van der Waals surface area contributed by atoms with E-state index >= 15 is 0 Å². The number of nitrogens with two attached hydrogens (primary N) is 1. The Bertz CT molecular complexity index is 1020. The molecule has 0 radical (unpaired) electrons. The molecule has 1 heterocycles. The molecule has 4 N–H and O–H groups in total. The van der Waals surface area contributed by atoms with Crippen molar-refractivity contribution in [1.82, 2.24) is 4.72 Å². The maximum absolute atomic E-state index is 12.7. The first kappa shape index (κ1) is 20.5. The van der Waals surface area contributed by atoms with Crippen LogP contribution in [0.3, 0.4) is 0 Å². The number of amides is 2. The largest absolute Gasteiger partial charge is 0.365 e. The first-order chi connectivity index (χ1) is 13.2. The van der Waals surface area contributed by atoms with Gasteiger partial charge in [0.1, 0.15) is 5.00 Å². The first-order valence-corrected chi connectivity index (χ1v) is 11.3. The van der Waals surface area contributed by atoms with Crippen LogP contribution in [0.1, 0.15) is 56.8 Å². The maximum atomic E-state index is 12.7. The zero-order chi connectivity index (χ0) is 20.5. The van der Waals surface area contributed by atoms with Crippen molar-refractivity contribution in [3.8, 4) is 0 Å². The topological polar surface area (TPSA) is 118 Å². The summed E-state index contributed by atoms with van der Waals surface area (Å²) in [6.07, 6.45) is 3.67. The lowest BCUT2D eigenvalue weighted by atomic mass is 10.1. The van der Waals surface area contributed by atoms with E-state index in [0.29, 0.717) is 5.00 Å². The lowest BCUT2D eigenvalue weighted by Crippen LogP contribution is -2.32. The summed E-state index contributed by atoms with van der Waals surface area (Å²) in [6.45, 7) is 3.60. The molecule has 1 saturated carbocycles. The minimum atomic E-state index is -3.70. The molecule has 0 unspecified atom stereocenters. The minimum Gasteiger partial charge on any atom is -0.365 e. The molecule has 0 saturated heterocycles. The van der Waals surface area contributed by atoms with E-state index in [4.69, 9.17) is 5.73 Å². The van der Waals surface area contributed by atoms with Gasteiger partial charge in [-0.25, -0.2) is 13.1 Å². The van der Waals surface area contributed by atoms with E-state index in [9.17, 15) is 18.0 Å². The first-order valence-electron chi connectivity index (χ1n) is 9.02. The zero-order valence-electron chi connectivity index (χ0n) is 15.7. The van der Waals surface area contributed by atoms with Gasteiger partial charge in [-0.2, -0.15) is 0 Å². The van der Waals surface area contributed by atoms with Gasteiger partial charge in [-0.1, -0.05) is 18.9 Å². The van der Waals surface area contributed by atoms with E-state index in [-0.39, 0.29) is 22.1 Å². The molecule has 2 amide bonds. The van der Waals surface area contributed by atoms with Gasteiger partial charge in [-0.3, -0.25) is 9.59 Å². The van der Waals surface area contributed by atoms with Crippen molar-refractivity contribution in [2.75, 3.05) is 5.32 Å². The average Bonchev–Trinajstić information content (AvgIpc) is 3.22. The third-order valence-electron chi connectivity index (χ3n) is 4.94. The Hall–Kier alpha value is -2.23. The van der Waals surface area contributed by atoms with E-state index in [1.54, 1.807) is 6.92 Å². The molecule has 1 aromatic carbocycles. The van der Waals surface area contributed by atoms with Crippen LogP contribution in [0.2, 0.25) is 0 Å². The van der Waals surface area contributed by atoms with Crippen LogP contribution in [-0.4, -0.2) is 26.3 Å². The van der Waals surface area contributed by atoms with Crippen molar-refractivity contribution >= 4 is 38.2 Å². The van der Waals surface area contributed by atoms with Crippen LogP contribution in [0.15, 0.2) is 29.2 Å². The van der Waals surface area contributed by atoms with E-state index in [2.05, 4.69) is 10.0 Å². The van der Waals surface area contributed by atoms with Gasteiger partial charge in [0.25, 0.3) is 11.8 Å². The van der Waals surface area contributed by atoms with Crippen LogP contribution in [-0.2, 0) is 10.0 Å². The highest BCUT2D eigenvalue weighted by Crippen LogP contribution is 2.32. The number of carbonyl (C=O) groups is 2. The molecule has 28 heavy (non-hydrogen) atoms. The van der Waals surface area contributed by atoms with Crippen LogP contribution in [0.25, 0.3) is 0 Å². The van der Waals surface area contributed by atoms with Gasteiger partial charge in [-0.15, -0.1) is 11.3 Å². The summed E-state index contributed by atoms with van der Waals surface area (Å²) < 4.78 is 27.9. The number of sulfonamides is 1. The lowest BCUT2D eigenvalue weighted by Gasteiger charge is -2.13. The van der Waals surface area contributed by atoms with Crippen molar-refractivity contribution in [2.24, 2.45) is 5.73 Å². The van der Waals surface area contributed by atoms with Crippen molar-refractivity contribution in [1.29, 1.82) is 0 Å². The van der Waals surface area contributed by atoms with Crippen LogP contribution in [0, 0.1) is 13.8 Å². The van der Waals surface area contributed by atoms with E-state index in [1.165, 1.54) is 35.6 Å². The Kier molecular flexibility index (Phi) is 5.87. The number of carbonyl (C=O) groups excluding carboxylic acids is 2. The quantitative estimate of drug-likeness (QED) is 0.664. The fourth-order valence-corrected chi connectivity index (χ4v) is 5.73. The predicted molar refractivity (Wildman–Crippen MR) is 109 cm³/mol. The monoisotopic (exact) mass is 421 g/mol. The minimum absolute atomic E-state index is 0.0423. The number of hydrogen-bond donors (Lipinski definition) is 3. The van der Waals surface area contributed by atoms with Crippen LogP contribution < -0.4 is 15.8 Å². The molecule has 0 spiro atoms. The molecule has 3 rings (SSSR count). The standard InChI is InChI=1S/C19H23N3O4S2/c1-11-12(2)27-19(16(11)17(20)23)21-18(24)13-6-5-9-15(10-13)28(25,26)22-14-7-3-4-8-14/h5-6,9-10,14,22H,3-4,7-8H2,1-2H3,(H2,20,23)(H,21,24). The number of benzene rings is 1. The fourth-order valence-electron chi connectivity index (χ4n) is 3.32. The van der Waals surface area contributed by atoms with Gasteiger partial charge >= 0.3 is 0 Å². The number of primary amides is 1. The Balaban J connectivity index is 1.83. The third kappa shape index (κ3) is 4.26. The zero-order valence-corrected chi connectivity index (χ0v) is 17.4. The Morgan fingerprint density at radius 1 is 1.18 bits per heavy atom. The number of anilines is 1. The molecule has 150 valence electrons. The normalized spacial score (nSPS) is 14.9. The maximum Gasteiger partial charge on any atom is 0.256 e. The van der Waals surface area contributed by atoms with E-state index in [0.717, 1.165) is 36.1 Å². The summed E-state index contributed by atoms with van der Waals surface area (Å²) in [5.74, 6) is -1.11. The second-order valence-electron chi connectivity index (χ2n) is 6.94. The molecule has 1 aliphatic carbocycles. The summed E-state index contributed by atoms with van der Waals surface area (Å²) in [5, 5.41) is 3.05. The summed E-state index contributed by atoms with van der Waals surface area (Å²) in [6, 6.07) is 5.79. The van der Waals surface area contributed by atoms with Gasteiger partial charge in [-0.05, 0) is 50.5 Å². The summed E-state index contributed by atoms with van der Waals surface area (Å²) in [5.41, 5.74) is 6.63. The number of thiophene rings is 1. The Morgan fingerprint density at radius 3 is 2.50 bits per heavy atom. The van der Waals surface area contributed by atoms with Crippen molar-refractivity contribution in [3.63, 3.8) is 0 Å². The van der Waals surface area contributed by atoms with Gasteiger partial charge < -0.3 is 11.1 Å². The number of hydrogen-bond acceptors (Lipinski definition) is 5. The molecular weight excluding hydrogens is 398 g/mol. The number of nitrogens with one attached hydrogen (secondary N) is 2. The smallest absolute Gasteiger partial charge is 0.256 e.